The molecule has 0 aromatic heterocycles. The Morgan fingerprint density at radius 3 is 2.48 bits per heavy atom. The zero-order chi connectivity index (χ0) is 15.6. The van der Waals surface area contributed by atoms with Gasteiger partial charge in [0.1, 0.15) is 10.7 Å². The molecule has 2 aromatic rings. The van der Waals surface area contributed by atoms with Crippen LogP contribution < -0.4 is 4.18 Å². The van der Waals surface area contributed by atoms with Crippen molar-refractivity contribution in [3.05, 3.63) is 64.0 Å². The van der Waals surface area contributed by atoms with E-state index in [9.17, 15) is 22.9 Å². The smallest absolute Gasteiger partial charge is 0.342 e. The van der Waals surface area contributed by atoms with E-state index in [1.807, 2.05) is 0 Å². The first-order valence-corrected chi connectivity index (χ1v) is 7.16. The fraction of sp³-hybridized carbons (Fsp3) is 0.0769. The monoisotopic (exact) mass is 311 g/mol. The molecule has 0 N–H and O–H groups in total. The van der Waals surface area contributed by atoms with Gasteiger partial charge in [-0.2, -0.15) is 8.42 Å². The van der Waals surface area contributed by atoms with Gasteiger partial charge in [0, 0.05) is 6.07 Å². The van der Waals surface area contributed by atoms with Gasteiger partial charge in [-0.1, -0.05) is 18.2 Å². The number of nitro benzene ring substituents is 1. The van der Waals surface area contributed by atoms with E-state index in [0.717, 1.165) is 18.2 Å². The molecule has 0 bridgehead atoms. The Kier molecular flexibility index (Phi) is 3.90. The van der Waals surface area contributed by atoms with Crippen molar-refractivity contribution in [3.63, 3.8) is 0 Å². The third-order valence-electron chi connectivity index (χ3n) is 2.62. The topological polar surface area (TPSA) is 86.5 Å². The van der Waals surface area contributed by atoms with E-state index in [2.05, 4.69) is 0 Å². The summed E-state index contributed by atoms with van der Waals surface area (Å²) in [5, 5.41) is 10.9. The molecule has 8 heteroatoms. The van der Waals surface area contributed by atoms with Crippen molar-refractivity contribution in [3.8, 4) is 5.75 Å². The minimum Gasteiger partial charge on any atom is -0.371 e. The van der Waals surface area contributed by atoms with Gasteiger partial charge in [-0.25, -0.2) is 4.39 Å². The second-order valence-corrected chi connectivity index (χ2v) is 5.71. The molecule has 0 fully saturated rings. The van der Waals surface area contributed by atoms with Crippen LogP contribution in [0.4, 0.5) is 10.1 Å². The standard InChI is InChI=1S/C13H10FNO5S/c1-9-6-7-12(11(8-9)15(16)17)20-21(18,19)13-5-3-2-4-10(13)14/h2-8H,1H3. The van der Waals surface area contributed by atoms with Crippen molar-refractivity contribution in [2.45, 2.75) is 11.8 Å². The van der Waals surface area contributed by atoms with E-state index in [0.29, 0.717) is 5.56 Å². The molecule has 0 unspecified atom stereocenters. The van der Waals surface area contributed by atoms with Crippen molar-refractivity contribution in [2.24, 2.45) is 0 Å². The van der Waals surface area contributed by atoms with Crippen LogP contribution in [0.15, 0.2) is 47.4 Å². The van der Waals surface area contributed by atoms with E-state index in [-0.39, 0.29) is 0 Å². The minimum absolute atomic E-state index is 0.464. The Labute approximate surface area is 120 Å². The summed E-state index contributed by atoms with van der Waals surface area (Å²) in [6.07, 6.45) is 0. The summed E-state index contributed by atoms with van der Waals surface area (Å²) in [5.41, 5.74) is 0.0623. The largest absolute Gasteiger partial charge is 0.371 e. The Morgan fingerprint density at radius 2 is 1.86 bits per heavy atom. The fourth-order valence-corrected chi connectivity index (χ4v) is 2.67. The SMILES string of the molecule is Cc1ccc(OS(=O)(=O)c2ccccc2F)c([N+](=O)[O-])c1. The fourth-order valence-electron chi connectivity index (χ4n) is 1.65. The van der Waals surface area contributed by atoms with Crippen molar-refractivity contribution in [1.29, 1.82) is 0 Å². The summed E-state index contributed by atoms with van der Waals surface area (Å²) in [6.45, 7) is 1.61. The molecule has 0 spiro atoms. The molecule has 0 aliphatic heterocycles. The van der Waals surface area contributed by atoms with Crippen LogP contribution in [-0.2, 0) is 10.1 Å². The average molecular weight is 311 g/mol. The highest BCUT2D eigenvalue weighted by molar-refractivity contribution is 7.87. The molecule has 0 saturated heterocycles. The lowest BCUT2D eigenvalue weighted by Crippen LogP contribution is -2.12. The second kappa shape index (κ2) is 5.49. The molecule has 0 radical (unpaired) electrons. The second-order valence-electron chi connectivity index (χ2n) is 4.20. The molecule has 0 amide bonds. The lowest BCUT2D eigenvalue weighted by Gasteiger charge is -2.08. The van der Waals surface area contributed by atoms with Crippen LogP contribution in [0.3, 0.4) is 0 Å². The molecule has 2 rings (SSSR count). The molecule has 6 nitrogen and oxygen atoms in total. The lowest BCUT2D eigenvalue weighted by molar-refractivity contribution is -0.385. The summed E-state index contributed by atoms with van der Waals surface area (Å²) >= 11 is 0. The Bertz CT molecular complexity index is 804. The molecular weight excluding hydrogens is 301 g/mol. The molecule has 0 saturated carbocycles. The number of hydrogen-bond donors (Lipinski definition) is 0. The minimum atomic E-state index is -4.49. The van der Waals surface area contributed by atoms with Gasteiger partial charge in [0.05, 0.1) is 4.92 Å². The first-order chi connectivity index (χ1) is 9.81. The number of nitro groups is 1. The Morgan fingerprint density at radius 1 is 1.19 bits per heavy atom. The number of benzene rings is 2. The van der Waals surface area contributed by atoms with E-state index in [1.54, 1.807) is 6.92 Å². The highest BCUT2D eigenvalue weighted by atomic mass is 32.2. The van der Waals surface area contributed by atoms with Crippen molar-refractivity contribution < 1.29 is 21.9 Å². The van der Waals surface area contributed by atoms with Crippen LogP contribution in [0.25, 0.3) is 0 Å². The zero-order valence-corrected chi connectivity index (χ0v) is 11.6. The van der Waals surface area contributed by atoms with Gasteiger partial charge >= 0.3 is 15.8 Å². The number of rotatable bonds is 4. The van der Waals surface area contributed by atoms with Gasteiger partial charge in [-0.15, -0.1) is 0 Å². The molecule has 0 aliphatic carbocycles. The summed E-state index contributed by atoms with van der Waals surface area (Å²) in [7, 11) is -4.49. The average Bonchev–Trinajstić information content (AvgIpc) is 2.40. The van der Waals surface area contributed by atoms with Crippen molar-refractivity contribution in [1.82, 2.24) is 0 Å². The number of hydrogen-bond acceptors (Lipinski definition) is 5. The molecule has 0 aliphatic rings. The first kappa shape index (κ1) is 14.9. The van der Waals surface area contributed by atoms with Crippen LogP contribution in [0.5, 0.6) is 5.75 Å². The van der Waals surface area contributed by atoms with E-state index in [4.69, 9.17) is 4.18 Å². The summed E-state index contributed by atoms with van der Waals surface area (Å²) < 4.78 is 42.2. The van der Waals surface area contributed by atoms with Gasteiger partial charge in [0.2, 0.25) is 5.75 Å². The van der Waals surface area contributed by atoms with Crippen molar-refractivity contribution >= 4 is 15.8 Å². The third-order valence-corrected chi connectivity index (χ3v) is 3.89. The zero-order valence-electron chi connectivity index (χ0n) is 10.8. The number of aryl methyl sites for hydroxylation is 1. The highest BCUT2D eigenvalue weighted by Crippen LogP contribution is 2.30. The summed E-state index contributed by atoms with van der Waals surface area (Å²) in [6, 6.07) is 8.41. The van der Waals surface area contributed by atoms with Crippen LogP contribution in [0.2, 0.25) is 0 Å². The highest BCUT2D eigenvalue weighted by Gasteiger charge is 2.25. The summed E-state index contributed by atoms with van der Waals surface area (Å²) in [4.78, 5) is 9.47. The number of nitrogens with zero attached hydrogens (tertiary/aromatic N) is 1. The normalized spacial score (nSPS) is 11.1. The van der Waals surface area contributed by atoms with E-state index < -0.39 is 37.2 Å². The van der Waals surface area contributed by atoms with Crippen molar-refractivity contribution in [2.75, 3.05) is 0 Å². The predicted molar refractivity (Wildman–Crippen MR) is 72.0 cm³/mol. The third kappa shape index (κ3) is 3.16. The van der Waals surface area contributed by atoms with Crippen LogP contribution in [0.1, 0.15) is 5.56 Å². The van der Waals surface area contributed by atoms with Gasteiger partial charge in [-0.3, -0.25) is 10.1 Å². The predicted octanol–water partition coefficient (Wildman–Crippen LogP) is 2.81. The van der Waals surface area contributed by atoms with E-state index in [1.165, 1.54) is 24.3 Å². The van der Waals surface area contributed by atoms with Gasteiger partial charge < -0.3 is 4.18 Å². The van der Waals surface area contributed by atoms with Crippen LogP contribution in [0, 0.1) is 22.9 Å². The van der Waals surface area contributed by atoms with Gasteiger partial charge in [0.15, 0.2) is 0 Å². The molecule has 0 atom stereocenters. The number of halogens is 1. The molecular formula is C13H10FNO5S. The van der Waals surface area contributed by atoms with Gasteiger partial charge in [0.25, 0.3) is 0 Å². The summed E-state index contributed by atoms with van der Waals surface area (Å²) in [5.74, 6) is -1.46. The maximum Gasteiger partial charge on any atom is 0.342 e. The van der Waals surface area contributed by atoms with Gasteiger partial charge in [-0.05, 0) is 30.7 Å². The molecule has 0 heterocycles. The molecule has 21 heavy (non-hydrogen) atoms. The first-order valence-electron chi connectivity index (χ1n) is 5.75. The Balaban J connectivity index is 2.47. The molecule has 110 valence electrons. The lowest BCUT2D eigenvalue weighted by atomic mass is 10.2. The molecule has 2 aromatic carbocycles. The van der Waals surface area contributed by atoms with Crippen LogP contribution in [-0.4, -0.2) is 13.3 Å². The van der Waals surface area contributed by atoms with Crippen LogP contribution >= 0.6 is 0 Å². The maximum absolute atomic E-state index is 13.5. The quantitative estimate of drug-likeness (QED) is 0.492. The van der Waals surface area contributed by atoms with E-state index >= 15 is 0 Å². The maximum atomic E-state index is 13.5. The Hall–Kier alpha value is -2.48.